The van der Waals surface area contributed by atoms with Gasteiger partial charge in [0.15, 0.2) is 0 Å². The summed E-state index contributed by atoms with van der Waals surface area (Å²) in [6, 6.07) is 7.61. The lowest BCUT2D eigenvalue weighted by molar-refractivity contribution is -0.127. The largest absolute Gasteiger partial charge is 0.491 e. The number of ether oxygens (including phenoxy) is 2. The molecule has 0 aliphatic carbocycles. The molecule has 0 spiro atoms. The topological polar surface area (TPSA) is 38.8 Å². The fourth-order valence-corrected chi connectivity index (χ4v) is 1.88. The predicted molar refractivity (Wildman–Crippen MR) is 65.4 cm³/mol. The Hall–Kier alpha value is -1.55. The fourth-order valence-electron chi connectivity index (χ4n) is 1.88. The van der Waals surface area contributed by atoms with Gasteiger partial charge in [0.25, 0.3) is 5.91 Å². The molecular formula is C13H17NO3. The summed E-state index contributed by atoms with van der Waals surface area (Å²) in [6.07, 6.45) is 0.401. The Morgan fingerprint density at radius 3 is 3.00 bits per heavy atom. The minimum atomic E-state index is -0.429. The first-order valence-electron chi connectivity index (χ1n) is 5.80. The lowest BCUT2D eigenvalue weighted by Crippen LogP contribution is -2.39. The molecular weight excluding hydrogens is 218 g/mol. The van der Waals surface area contributed by atoms with Gasteiger partial charge in [-0.3, -0.25) is 4.79 Å². The number of benzene rings is 1. The number of hydrogen-bond acceptors (Lipinski definition) is 3. The van der Waals surface area contributed by atoms with Gasteiger partial charge in [-0.1, -0.05) is 12.1 Å². The molecule has 1 heterocycles. The van der Waals surface area contributed by atoms with Crippen molar-refractivity contribution in [1.82, 2.24) is 0 Å². The van der Waals surface area contributed by atoms with Crippen LogP contribution in [-0.4, -0.2) is 32.3 Å². The molecule has 1 atom stereocenters. The van der Waals surface area contributed by atoms with Crippen LogP contribution >= 0.6 is 0 Å². The van der Waals surface area contributed by atoms with E-state index in [0.717, 1.165) is 17.9 Å². The Morgan fingerprint density at radius 2 is 2.24 bits per heavy atom. The molecule has 1 aromatic rings. The first-order chi connectivity index (χ1) is 8.24. The third-order valence-electron chi connectivity index (χ3n) is 2.91. The number of fused-ring (bicyclic) bond motifs is 1. The number of para-hydroxylation sites is 2. The molecule has 0 saturated carbocycles. The average Bonchev–Trinajstić information content (AvgIpc) is 2.59. The van der Waals surface area contributed by atoms with Gasteiger partial charge in [-0.05, 0) is 25.5 Å². The summed E-state index contributed by atoms with van der Waals surface area (Å²) >= 11 is 0. The maximum Gasteiger partial charge on any atom is 0.255 e. The van der Waals surface area contributed by atoms with E-state index in [1.807, 2.05) is 24.3 Å². The molecule has 0 fully saturated rings. The van der Waals surface area contributed by atoms with Crippen LogP contribution in [0.2, 0.25) is 0 Å². The van der Waals surface area contributed by atoms with Crippen LogP contribution in [0.3, 0.4) is 0 Å². The monoisotopic (exact) mass is 235 g/mol. The highest BCUT2D eigenvalue weighted by molar-refractivity contribution is 5.97. The number of anilines is 1. The molecule has 0 aromatic heterocycles. The highest BCUT2D eigenvalue weighted by atomic mass is 16.5. The van der Waals surface area contributed by atoms with Crippen LogP contribution in [0.5, 0.6) is 5.75 Å². The molecule has 1 unspecified atom stereocenters. The first-order valence-corrected chi connectivity index (χ1v) is 5.80. The number of nitrogens with zero attached hydrogens (tertiary/aromatic N) is 1. The van der Waals surface area contributed by atoms with E-state index in [1.165, 1.54) is 0 Å². The summed E-state index contributed by atoms with van der Waals surface area (Å²) in [5.74, 6) is 0.743. The second kappa shape index (κ2) is 5.19. The van der Waals surface area contributed by atoms with Crippen LogP contribution in [0.15, 0.2) is 24.3 Å². The molecule has 0 radical (unpaired) electrons. The normalized spacial score (nSPS) is 16.7. The molecule has 92 valence electrons. The number of carbonyl (C=O) groups is 1. The average molecular weight is 235 g/mol. The SMILES string of the molecule is COC(C)C(=O)N1CCCOc2ccccc21. The molecule has 0 saturated heterocycles. The van der Waals surface area contributed by atoms with Crippen LogP contribution in [0, 0.1) is 0 Å². The third kappa shape index (κ3) is 2.42. The molecule has 1 aliphatic heterocycles. The van der Waals surface area contributed by atoms with Crippen molar-refractivity contribution in [3.8, 4) is 5.75 Å². The van der Waals surface area contributed by atoms with Gasteiger partial charge >= 0.3 is 0 Å². The van der Waals surface area contributed by atoms with E-state index in [1.54, 1.807) is 18.9 Å². The van der Waals surface area contributed by atoms with E-state index in [-0.39, 0.29) is 5.91 Å². The summed E-state index contributed by atoms with van der Waals surface area (Å²) in [4.78, 5) is 13.9. The van der Waals surface area contributed by atoms with Gasteiger partial charge in [-0.15, -0.1) is 0 Å². The standard InChI is InChI=1S/C13H17NO3/c1-10(16-2)13(15)14-8-5-9-17-12-7-4-3-6-11(12)14/h3-4,6-7,10H,5,8-9H2,1-2H3. The van der Waals surface area contributed by atoms with E-state index in [0.29, 0.717) is 13.2 Å². The van der Waals surface area contributed by atoms with E-state index in [9.17, 15) is 4.79 Å². The van der Waals surface area contributed by atoms with Crippen molar-refractivity contribution in [2.75, 3.05) is 25.2 Å². The smallest absolute Gasteiger partial charge is 0.255 e. The Morgan fingerprint density at radius 1 is 1.47 bits per heavy atom. The second-order valence-electron chi connectivity index (χ2n) is 4.04. The Balaban J connectivity index is 2.31. The summed E-state index contributed by atoms with van der Waals surface area (Å²) in [6.45, 7) is 3.07. The van der Waals surface area contributed by atoms with Crippen LogP contribution in [-0.2, 0) is 9.53 Å². The maximum absolute atomic E-state index is 12.2. The highest BCUT2D eigenvalue weighted by Crippen LogP contribution is 2.30. The van der Waals surface area contributed by atoms with Gasteiger partial charge in [-0.2, -0.15) is 0 Å². The lowest BCUT2D eigenvalue weighted by Gasteiger charge is -2.24. The maximum atomic E-state index is 12.2. The number of carbonyl (C=O) groups excluding carboxylic acids is 1. The highest BCUT2D eigenvalue weighted by Gasteiger charge is 2.25. The van der Waals surface area contributed by atoms with Crippen molar-refractivity contribution >= 4 is 11.6 Å². The van der Waals surface area contributed by atoms with Gasteiger partial charge in [0.05, 0.1) is 12.3 Å². The Bertz CT molecular complexity index is 405. The van der Waals surface area contributed by atoms with Crippen LogP contribution in [0.1, 0.15) is 13.3 Å². The number of amides is 1. The number of methoxy groups -OCH3 is 1. The van der Waals surface area contributed by atoms with Crippen LogP contribution in [0.25, 0.3) is 0 Å². The van der Waals surface area contributed by atoms with E-state index >= 15 is 0 Å². The van der Waals surface area contributed by atoms with E-state index in [4.69, 9.17) is 9.47 Å². The minimum absolute atomic E-state index is 0.0227. The van der Waals surface area contributed by atoms with Crippen molar-refractivity contribution in [2.45, 2.75) is 19.4 Å². The summed E-state index contributed by atoms with van der Waals surface area (Å²) in [5, 5.41) is 0. The summed E-state index contributed by atoms with van der Waals surface area (Å²) in [7, 11) is 1.54. The summed E-state index contributed by atoms with van der Waals surface area (Å²) < 4.78 is 10.7. The van der Waals surface area contributed by atoms with Crippen LogP contribution < -0.4 is 9.64 Å². The van der Waals surface area contributed by atoms with Crippen molar-refractivity contribution < 1.29 is 14.3 Å². The molecule has 4 nitrogen and oxygen atoms in total. The molecule has 2 rings (SSSR count). The predicted octanol–water partition coefficient (Wildman–Crippen LogP) is 1.84. The van der Waals surface area contributed by atoms with Crippen molar-refractivity contribution in [2.24, 2.45) is 0 Å². The molecule has 0 bridgehead atoms. The van der Waals surface area contributed by atoms with Gasteiger partial charge in [-0.25, -0.2) is 0 Å². The zero-order chi connectivity index (χ0) is 12.3. The minimum Gasteiger partial charge on any atom is -0.491 e. The third-order valence-corrected chi connectivity index (χ3v) is 2.91. The Labute approximate surface area is 101 Å². The van der Waals surface area contributed by atoms with E-state index in [2.05, 4.69) is 0 Å². The molecule has 4 heteroatoms. The van der Waals surface area contributed by atoms with E-state index < -0.39 is 6.10 Å². The van der Waals surface area contributed by atoms with Gasteiger partial charge in [0.1, 0.15) is 11.9 Å². The van der Waals surface area contributed by atoms with Gasteiger partial charge < -0.3 is 14.4 Å². The molecule has 0 N–H and O–H groups in total. The molecule has 1 amide bonds. The molecule has 17 heavy (non-hydrogen) atoms. The summed E-state index contributed by atoms with van der Waals surface area (Å²) in [5.41, 5.74) is 0.832. The number of hydrogen-bond donors (Lipinski definition) is 0. The van der Waals surface area contributed by atoms with Crippen molar-refractivity contribution in [3.05, 3.63) is 24.3 Å². The molecule has 1 aromatic carbocycles. The first kappa shape index (κ1) is 11.9. The Kier molecular flexibility index (Phi) is 3.64. The van der Waals surface area contributed by atoms with Crippen molar-refractivity contribution in [3.63, 3.8) is 0 Å². The quantitative estimate of drug-likeness (QED) is 0.785. The molecule has 1 aliphatic rings. The fraction of sp³-hybridized carbons (Fsp3) is 0.462. The van der Waals surface area contributed by atoms with Gasteiger partial charge in [0.2, 0.25) is 0 Å². The zero-order valence-electron chi connectivity index (χ0n) is 10.2. The second-order valence-corrected chi connectivity index (χ2v) is 4.04. The number of rotatable bonds is 2. The lowest BCUT2D eigenvalue weighted by atomic mass is 10.2. The van der Waals surface area contributed by atoms with Crippen LogP contribution in [0.4, 0.5) is 5.69 Å². The van der Waals surface area contributed by atoms with Gasteiger partial charge in [0, 0.05) is 13.7 Å². The van der Waals surface area contributed by atoms with Crippen molar-refractivity contribution in [1.29, 1.82) is 0 Å². The zero-order valence-corrected chi connectivity index (χ0v) is 10.2.